The van der Waals surface area contributed by atoms with E-state index in [0.717, 1.165) is 16.5 Å². The molecule has 0 radical (unpaired) electrons. The Balaban J connectivity index is 1.62. The summed E-state index contributed by atoms with van der Waals surface area (Å²) in [4.78, 5) is 4.08. The van der Waals surface area contributed by atoms with Gasteiger partial charge in [-0.3, -0.25) is 4.98 Å². The van der Waals surface area contributed by atoms with Crippen molar-refractivity contribution < 1.29 is 9.47 Å². The van der Waals surface area contributed by atoms with Gasteiger partial charge in [-0.25, -0.2) is 0 Å². The van der Waals surface area contributed by atoms with E-state index in [2.05, 4.69) is 4.98 Å². The van der Waals surface area contributed by atoms with E-state index >= 15 is 0 Å². The number of pyridine rings is 1. The molecule has 1 heterocycles. The fourth-order valence-corrected chi connectivity index (χ4v) is 2.13. The van der Waals surface area contributed by atoms with Crippen LogP contribution in [0.15, 0.2) is 60.9 Å². The van der Waals surface area contributed by atoms with E-state index in [9.17, 15) is 0 Å². The summed E-state index contributed by atoms with van der Waals surface area (Å²) < 4.78 is 11.3. The van der Waals surface area contributed by atoms with Gasteiger partial charge < -0.3 is 15.2 Å². The maximum atomic E-state index is 6.12. The van der Waals surface area contributed by atoms with Crippen molar-refractivity contribution >= 4 is 16.5 Å². The van der Waals surface area contributed by atoms with Crippen LogP contribution in [0.5, 0.6) is 11.5 Å². The summed E-state index contributed by atoms with van der Waals surface area (Å²) in [6.45, 7) is 0.910. The molecule has 0 aliphatic rings. The van der Waals surface area contributed by atoms with E-state index in [-0.39, 0.29) is 0 Å². The Bertz CT molecular complexity index is 729. The second-order valence-corrected chi connectivity index (χ2v) is 4.58. The summed E-state index contributed by atoms with van der Waals surface area (Å²) in [5.41, 5.74) is 6.75. The number of ether oxygens (including phenoxy) is 2. The van der Waals surface area contributed by atoms with Crippen molar-refractivity contribution in [1.29, 1.82) is 0 Å². The molecule has 0 saturated carbocycles. The maximum absolute atomic E-state index is 6.12. The van der Waals surface area contributed by atoms with Gasteiger partial charge in [0.2, 0.25) is 0 Å². The second-order valence-electron chi connectivity index (χ2n) is 4.58. The van der Waals surface area contributed by atoms with Crippen molar-refractivity contribution in [3.8, 4) is 11.5 Å². The van der Waals surface area contributed by atoms with Crippen molar-refractivity contribution in [2.24, 2.45) is 0 Å². The lowest BCUT2D eigenvalue weighted by Crippen LogP contribution is -2.10. The average Bonchev–Trinajstić information content (AvgIpc) is 2.55. The van der Waals surface area contributed by atoms with Crippen LogP contribution >= 0.6 is 0 Å². The molecule has 21 heavy (non-hydrogen) atoms. The van der Waals surface area contributed by atoms with Crippen LogP contribution in [0.4, 0.5) is 5.69 Å². The summed E-state index contributed by atoms with van der Waals surface area (Å²) in [5.74, 6) is 1.50. The Morgan fingerprint density at radius 1 is 0.905 bits per heavy atom. The normalized spacial score (nSPS) is 10.5. The number of anilines is 1. The van der Waals surface area contributed by atoms with Crippen LogP contribution in [-0.2, 0) is 0 Å². The zero-order valence-corrected chi connectivity index (χ0v) is 11.5. The molecule has 0 fully saturated rings. The van der Waals surface area contributed by atoms with Gasteiger partial charge in [0.05, 0.1) is 5.69 Å². The molecule has 0 saturated heterocycles. The topological polar surface area (TPSA) is 57.4 Å². The van der Waals surface area contributed by atoms with Crippen LogP contribution in [-0.4, -0.2) is 18.2 Å². The molecule has 0 amide bonds. The number of fused-ring (bicyclic) bond motifs is 1. The van der Waals surface area contributed by atoms with Gasteiger partial charge in [0.15, 0.2) is 0 Å². The molecule has 0 aliphatic heterocycles. The summed E-state index contributed by atoms with van der Waals surface area (Å²) in [5, 5.41) is 1.95. The molecule has 3 rings (SSSR count). The first-order chi connectivity index (χ1) is 10.3. The molecule has 0 aliphatic carbocycles. The summed E-state index contributed by atoms with van der Waals surface area (Å²) in [7, 11) is 0. The van der Waals surface area contributed by atoms with E-state index in [1.54, 1.807) is 12.4 Å². The van der Waals surface area contributed by atoms with Crippen LogP contribution < -0.4 is 15.2 Å². The van der Waals surface area contributed by atoms with Gasteiger partial charge in [0.1, 0.15) is 24.7 Å². The molecule has 0 spiro atoms. The zero-order chi connectivity index (χ0) is 14.5. The molecular formula is C17H16N2O2. The van der Waals surface area contributed by atoms with Gasteiger partial charge in [0.25, 0.3) is 0 Å². The molecule has 2 aromatic carbocycles. The van der Waals surface area contributed by atoms with Crippen molar-refractivity contribution in [2.45, 2.75) is 0 Å². The zero-order valence-electron chi connectivity index (χ0n) is 11.5. The Morgan fingerprint density at radius 3 is 2.57 bits per heavy atom. The molecule has 2 N–H and O–H groups in total. The quantitative estimate of drug-likeness (QED) is 0.575. The van der Waals surface area contributed by atoms with Gasteiger partial charge in [-0.1, -0.05) is 18.2 Å². The third-order valence-electron chi connectivity index (χ3n) is 3.17. The molecule has 3 aromatic rings. The van der Waals surface area contributed by atoms with Crippen LogP contribution in [0.2, 0.25) is 0 Å². The minimum Gasteiger partial charge on any atom is -0.490 e. The molecule has 4 nitrogen and oxygen atoms in total. The number of nitrogen functional groups attached to an aromatic ring is 1. The Hall–Kier alpha value is -2.75. The highest BCUT2D eigenvalue weighted by Gasteiger charge is 2.05. The lowest BCUT2D eigenvalue weighted by Gasteiger charge is -2.11. The molecular weight excluding hydrogens is 264 g/mol. The van der Waals surface area contributed by atoms with Crippen LogP contribution in [0.3, 0.4) is 0 Å². The number of benzene rings is 2. The number of rotatable bonds is 5. The molecule has 0 unspecified atom stereocenters. The van der Waals surface area contributed by atoms with E-state index in [1.807, 2.05) is 48.5 Å². The molecule has 0 atom stereocenters. The Kier molecular flexibility index (Phi) is 3.87. The highest BCUT2D eigenvalue weighted by atomic mass is 16.5. The van der Waals surface area contributed by atoms with E-state index in [4.69, 9.17) is 15.2 Å². The SMILES string of the molecule is Nc1c(OCCOc2ccccc2)ccc2cnccc12. The number of hydrogen-bond donors (Lipinski definition) is 1. The van der Waals surface area contributed by atoms with Gasteiger partial charge in [0, 0.05) is 23.2 Å². The van der Waals surface area contributed by atoms with Gasteiger partial charge in [-0.2, -0.15) is 0 Å². The van der Waals surface area contributed by atoms with Crippen molar-refractivity contribution in [3.63, 3.8) is 0 Å². The predicted octanol–water partition coefficient (Wildman–Crippen LogP) is 3.27. The first-order valence-corrected chi connectivity index (χ1v) is 6.77. The lowest BCUT2D eigenvalue weighted by atomic mass is 10.1. The van der Waals surface area contributed by atoms with Gasteiger partial charge in [-0.05, 0) is 30.3 Å². The largest absolute Gasteiger partial charge is 0.490 e. The van der Waals surface area contributed by atoms with Gasteiger partial charge in [-0.15, -0.1) is 0 Å². The number of para-hydroxylation sites is 1. The first kappa shape index (κ1) is 13.2. The van der Waals surface area contributed by atoms with Crippen molar-refractivity contribution in [1.82, 2.24) is 4.98 Å². The smallest absolute Gasteiger partial charge is 0.143 e. The van der Waals surface area contributed by atoms with E-state index < -0.39 is 0 Å². The molecule has 106 valence electrons. The standard InChI is InChI=1S/C17H16N2O2/c18-17-15-8-9-19-12-13(15)6-7-16(17)21-11-10-20-14-4-2-1-3-5-14/h1-9,12H,10-11,18H2. The molecule has 4 heteroatoms. The van der Waals surface area contributed by atoms with E-state index in [0.29, 0.717) is 24.7 Å². The highest BCUT2D eigenvalue weighted by Crippen LogP contribution is 2.29. The maximum Gasteiger partial charge on any atom is 0.143 e. The number of hydrogen-bond acceptors (Lipinski definition) is 4. The minimum absolute atomic E-state index is 0.440. The number of nitrogens with zero attached hydrogens (tertiary/aromatic N) is 1. The fraction of sp³-hybridized carbons (Fsp3) is 0.118. The third-order valence-corrected chi connectivity index (χ3v) is 3.17. The number of nitrogens with two attached hydrogens (primary N) is 1. The van der Waals surface area contributed by atoms with Crippen molar-refractivity contribution in [3.05, 3.63) is 60.9 Å². The monoisotopic (exact) mass is 280 g/mol. The Labute approximate surface area is 123 Å². The van der Waals surface area contributed by atoms with Crippen molar-refractivity contribution in [2.75, 3.05) is 18.9 Å². The fourth-order valence-electron chi connectivity index (χ4n) is 2.13. The first-order valence-electron chi connectivity index (χ1n) is 6.77. The van der Waals surface area contributed by atoms with Crippen LogP contribution in [0.1, 0.15) is 0 Å². The number of aromatic nitrogens is 1. The van der Waals surface area contributed by atoms with E-state index in [1.165, 1.54) is 0 Å². The predicted molar refractivity (Wildman–Crippen MR) is 83.6 cm³/mol. The van der Waals surface area contributed by atoms with Crippen LogP contribution in [0, 0.1) is 0 Å². The second kappa shape index (κ2) is 6.13. The minimum atomic E-state index is 0.440. The third kappa shape index (κ3) is 3.05. The summed E-state index contributed by atoms with van der Waals surface area (Å²) >= 11 is 0. The average molecular weight is 280 g/mol. The van der Waals surface area contributed by atoms with Crippen LogP contribution in [0.25, 0.3) is 10.8 Å². The van der Waals surface area contributed by atoms with Gasteiger partial charge >= 0.3 is 0 Å². The Morgan fingerprint density at radius 2 is 1.71 bits per heavy atom. The summed E-state index contributed by atoms with van der Waals surface area (Å²) in [6.07, 6.45) is 3.51. The summed E-state index contributed by atoms with van der Waals surface area (Å²) in [6, 6.07) is 15.4. The highest BCUT2D eigenvalue weighted by molar-refractivity contribution is 5.95. The molecule has 1 aromatic heterocycles. The lowest BCUT2D eigenvalue weighted by molar-refractivity contribution is 0.218. The molecule has 0 bridgehead atoms.